The zero-order valence-corrected chi connectivity index (χ0v) is 17.2. The Labute approximate surface area is 173 Å². The molecule has 11 heteroatoms. The van der Waals surface area contributed by atoms with Crippen molar-refractivity contribution < 1.29 is 27.7 Å². The lowest BCUT2D eigenvalue weighted by atomic mass is 10.2. The van der Waals surface area contributed by atoms with Crippen molar-refractivity contribution in [3.63, 3.8) is 0 Å². The van der Waals surface area contributed by atoms with E-state index in [9.17, 15) is 28.1 Å². The van der Waals surface area contributed by atoms with Gasteiger partial charge in [0.15, 0.2) is 6.61 Å². The predicted molar refractivity (Wildman–Crippen MR) is 109 cm³/mol. The number of para-hydroxylation sites is 2. The summed E-state index contributed by atoms with van der Waals surface area (Å²) in [6.45, 7) is 3.42. The fourth-order valence-electron chi connectivity index (χ4n) is 2.61. The highest BCUT2D eigenvalue weighted by Crippen LogP contribution is 2.23. The Balaban J connectivity index is 2.00. The number of nitro benzene ring substituents is 1. The monoisotopic (exact) mass is 435 g/mol. The van der Waals surface area contributed by atoms with Gasteiger partial charge in [-0.1, -0.05) is 26.0 Å². The largest absolute Gasteiger partial charge is 0.452 e. The second kappa shape index (κ2) is 9.94. The van der Waals surface area contributed by atoms with Crippen LogP contribution < -0.4 is 5.32 Å². The Hall–Kier alpha value is -3.31. The molecule has 0 atom stereocenters. The molecule has 0 bridgehead atoms. The van der Waals surface area contributed by atoms with Crippen LogP contribution in [0.3, 0.4) is 0 Å². The van der Waals surface area contributed by atoms with E-state index in [-0.39, 0.29) is 21.8 Å². The number of anilines is 1. The maximum absolute atomic E-state index is 12.4. The molecule has 0 aliphatic heterocycles. The molecule has 0 aliphatic rings. The van der Waals surface area contributed by atoms with Gasteiger partial charge in [-0.25, -0.2) is 13.2 Å². The number of rotatable bonds is 9. The summed E-state index contributed by atoms with van der Waals surface area (Å²) in [5.41, 5.74) is -0.247. The van der Waals surface area contributed by atoms with Gasteiger partial charge < -0.3 is 10.1 Å². The highest BCUT2D eigenvalue weighted by Gasteiger charge is 2.22. The molecule has 1 N–H and O–H groups in total. The van der Waals surface area contributed by atoms with Gasteiger partial charge in [-0.05, 0) is 30.3 Å². The van der Waals surface area contributed by atoms with Crippen molar-refractivity contribution in [2.45, 2.75) is 18.7 Å². The Morgan fingerprint density at radius 3 is 2.23 bits per heavy atom. The number of hydrogen-bond acceptors (Lipinski definition) is 7. The van der Waals surface area contributed by atoms with Gasteiger partial charge in [-0.2, -0.15) is 4.31 Å². The quantitative estimate of drug-likeness (QED) is 0.363. The molecule has 10 nitrogen and oxygen atoms in total. The first kappa shape index (κ1) is 23.0. The zero-order valence-electron chi connectivity index (χ0n) is 16.4. The van der Waals surface area contributed by atoms with Gasteiger partial charge in [-0.15, -0.1) is 0 Å². The van der Waals surface area contributed by atoms with E-state index in [2.05, 4.69) is 5.32 Å². The van der Waals surface area contributed by atoms with Crippen LogP contribution in [-0.2, 0) is 19.6 Å². The summed E-state index contributed by atoms with van der Waals surface area (Å²) in [5, 5.41) is 13.3. The number of nitrogens with one attached hydrogen (secondary N) is 1. The third kappa shape index (κ3) is 5.39. The lowest BCUT2D eigenvalue weighted by Gasteiger charge is -2.18. The summed E-state index contributed by atoms with van der Waals surface area (Å²) in [6.07, 6.45) is 0. The second-order valence-corrected chi connectivity index (χ2v) is 7.95. The molecule has 2 aromatic rings. The van der Waals surface area contributed by atoms with Gasteiger partial charge in [-0.3, -0.25) is 14.9 Å². The molecule has 30 heavy (non-hydrogen) atoms. The fourth-order valence-corrected chi connectivity index (χ4v) is 4.07. The van der Waals surface area contributed by atoms with Gasteiger partial charge in [0.25, 0.3) is 11.6 Å². The molecule has 160 valence electrons. The minimum Gasteiger partial charge on any atom is -0.452 e. The average Bonchev–Trinajstić information content (AvgIpc) is 2.73. The van der Waals surface area contributed by atoms with Crippen molar-refractivity contribution >= 4 is 33.3 Å². The first-order valence-corrected chi connectivity index (χ1v) is 10.4. The summed E-state index contributed by atoms with van der Waals surface area (Å²) in [7, 11) is -3.65. The van der Waals surface area contributed by atoms with E-state index in [0.717, 1.165) is 0 Å². The number of sulfonamides is 1. The number of hydrogen-bond donors (Lipinski definition) is 1. The maximum Gasteiger partial charge on any atom is 0.338 e. The van der Waals surface area contributed by atoms with E-state index in [1.54, 1.807) is 13.8 Å². The van der Waals surface area contributed by atoms with Crippen LogP contribution in [0.25, 0.3) is 0 Å². The smallest absolute Gasteiger partial charge is 0.338 e. The molecule has 0 aliphatic carbocycles. The minimum absolute atomic E-state index is 0.0190. The second-order valence-electron chi connectivity index (χ2n) is 6.01. The van der Waals surface area contributed by atoms with Crippen LogP contribution in [-0.4, -0.2) is 49.2 Å². The topological polar surface area (TPSA) is 136 Å². The lowest BCUT2D eigenvalue weighted by Crippen LogP contribution is -2.30. The van der Waals surface area contributed by atoms with Crippen LogP contribution in [0, 0.1) is 10.1 Å². The number of ether oxygens (including phenoxy) is 1. The van der Waals surface area contributed by atoms with Crippen LogP contribution in [0.2, 0.25) is 0 Å². The van der Waals surface area contributed by atoms with Gasteiger partial charge in [0.2, 0.25) is 10.0 Å². The van der Waals surface area contributed by atoms with E-state index in [1.807, 2.05) is 0 Å². The predicted octanol–water partition coefficient (Wildman–Crippen LogP) is 2.42. The molecule has 0 saturated carbocycles. The van der Waals surface area contributed by atoms with E-state index in [1.165, 1.54) is 52.8 Å². The highest BCUT2D eigenvalue weighted by atomic mass is 32.2. The van der Waals surface area contributed by atoms with Crippen molar-refractivity contribution in [3.05, 3.63) is 64.2 Å². The van der Waals surface area contributed by atoms with Crippen LogP contribution in [0.1, 0.15) is 24.2 Å². The van der Waals surface area contributed by atoms with Crippen molar-refractivity contribution in [2.24, 2.45) is 0 Å². The summed E-state index contributed by atoms with van der Waals surface area (Å²) >= 11 is 0. The molecule has 0 radical (unpaired) electrons. The van der Waals surface area contributed by atoms with Crippen molar-refractivity contribution in [1.82, 2.24) is 4.31 Å². The summed E-state index contributed by atoms with van der Waals surface area (Å²) in [5.74, 6) is -1.59. The third-order valence-electron chi connectivity index (χ3n) is 4.14. The zero-order chi connectivity index (χ0) is 22.3. The molecule has 0 unspecified atom stereocenters. The third-order valence-corrected chi connectivity index (χ3v) is 6.21. The molecule has 0 fully saturated rings. The van der Waals surface area contributed by atoms with E-state index in [4.69, 9.17) is 4.74 Å². The number of nitrogens with zero attached hydrogens (tertiary/aromatic N) is 2. The van der Waals surface area contributed by atoms with Gasteiger partial charge in [0, 0.05) is 19.2 Å². The van der Waals surface area contributed by atoms with Gasteiger partial charge in [0.05, 0.1) is 15.4 Å². The Morgan fingerprint density at radius 1 is 1.07 bits per heavy atom. The molecule has 0 heterocycles. The molecular formula is C19H21N3O7S. The lowest BCUT2D eigenvalue weighted by molar-refractivity contribution is -0.383. The molecule has 0 aromatic heterocycles. The number of carbonyl (C=O) groups excluding carboxylic acids is 2. The first-order chi connectivity index (χ1) is 14.2. The van der Waals surface area contributed by atoms with Crippen LogP contribution in [0.4, 0.5) is 11.4 Å². The molecular weight excluding hydrogens is 414 g/mol. The fraction of sp³-hybridized carbons (Fsp3) is 0.263. The molecule has 2 rings (SSSR count). The van der Waals surface area contributed by atoms with Crippen LogP contribution in [0.5, 0.6) is 0 Å². The van der Waals surface area contributed by atoms with E-state index in [0.29, 0.717) is 13.1 Å². The number of benzene rings is 2. The highest BCUT2D eigenvalue weighted by molar-refractivity contribution is 7.89. The summed E-state index contributed by atoms with van der Waals surface area (Å²) in [4.78, 5) is 34.4. The first-order valence-electron chi connectivity index (χ1n) is 9.01. The molecule has 0 spiro atoms. The Bertz CT molecular complexity index is 1030. The molecule has 2 aromatic carbocycles. The summed E-state index contributed by atoms with van der Waals surface area (Å²) in [6, 6.07) is 10.7. The van der Waals surface area contributed by atoms with E-state index < -0.39 is 33.4 Å². The van der Waals surface area contributed by atoms with Crippen LogP contribution in [0.15, 0.2) is 53.4 Å². The average molecular weight is 435 g/mol. The number of carbonyl (C=O) groups is 2. The Kier molecular flexibility index (Phi) is 7.61. The van der Waals surface area contributed by atoms with Crippen molar-refractivity contribution in [1.29, 1.82) is 0 Å². The van der Waals surface area contributed by atoms with Gasteiger partial charge in [0.1, 0.15) is 5.69 Å². The maximum atomic E-state index is 12.4. The van der Waals surface area contributed by atoms with Crippen molar-refractivity contribution in [3.8, 4) is 0 Å². The number of amides is 1. The molecule has 0 saturated heterocycles. The summed E-state index contributed by atoms with van der Waals surface area (Å²) < 4.78 is 31.1. The van der Waals surface area contributed by atoms with E-state index >= 15 is 0 Å². The Morgan fingerprint density at radius 2 is 1.67 bits per heavy atom. The standard InChI is InChI=1S/C19H21N3O7S/c1-3-21(4-2)30(27,28)15-11-9-14(10-12-15)19(24)29-13-18(23)20-16-7-5-6-8-17(16)22(25)26/h5-12H,3-4,13H2,1-2H3,(H,20,23). The van der Waals surface area contributed by atoms with Gasteiger partial charge >= 0.3 is 5.97 Å². The normalized spacial score (nSPS) is 11.2. The van der Waals surface area contributed by atoms with Crippen LogP contribution >= 0.6 is 0 Å². The minimum atomic E-state index is -3.65. The van der Waals surface area contributed by atoms with Crippen molar-refractivity contribution in [2.75, 3.05) is 25.0 Å². The molecule has 1 amide bonds. The number of esters is 1. The number of nitro groups is 1. The SMILES string of the molecule is CCN(CC)S(=O)(=O)c1ccc(C(=O)OCC(=O)Nc2ccccc2[N+](=O)[O-])cc1.